The number of hydrogen-bond acceptors (Lipinski definition) is 4. The molecule has 0 heterocycles. The summed E-state index contributed by atoms with van der Waals surface area (Å²) in [5.74, 6) is 0. The van der Waals surface area contributed by atoms with Gasteiger partial charge in [-0.3, -0.25) is 0 Å². The number of hydrogen-bond donors (Lipinski definition) is 0. The summed E-state index contributed by atoms with van der Waals surface area (Å²) < 4.78 is 4.29. The smallest absolute Gasteiger partial charge is 0.432 e. The number of carbonyl (C=O) groups excluding carboxylic acids is 1. The average Bonchev–Trinajstić information content (AvgIpc) is 2.05. The van der Waals surface area contributed by atoms with Crippen molar-refractivity contribution in [1.82, 2.24) is 5.01 Å². The van der Waals surface area contributed by atoms with Crippen molar-refractivity contribution in [3.05, 3.63) is 4.91 Å². The van der Waals surface area contributed by atoms with Crippen LogP contribution in [-0.2, 0) is 4.74 Å². The molecule has 11 heavy (non-hydrogen) atoms. The summed E-state index contributed by atoms with van der Waals surface area (Å²) in [6, 6.07) is 0. The largest absolute Gasteiger partial charge is 0.451 e. The maximum absolute atomic E-state index is 10.7. The molecular weight excluding hydrogens is 148 g/mol. The van der Waals surface area contributed by atoms with Gasteiger partial charge in [-0.15, -0.1) is 4.91 Å². The first-order valence-electron chi connectivity index (χ1n) is 3.45. The summed E-state index contributed by atoms with van der Waals surface area (Å²) in [7, 11) is 1.21. The lowest BCUT2D eigenvalue weighted by Crippen LogP contribution is -2.25. The molecule has 0 fully saturated rings. The molecule has 64 valence electrons. The predicted molar refractivity (Wildman–Crippen MR) is 39.8 cm³/mol. The molecule has 0 aromatic heterocycles. The van der Waals surface area contributed by atoms with E-state index in [9.17, 15) is 9.70 Å². The third-order valence-corrected chi connectivity index (χ3v) is 1.21. The molecule has 1 amide bonds. The summed E-state index contributed by atoms with van der Waals surface area (Å²) in [4.78, 5) is 20.6. The van der Waals surface area contributed by atoms with E-state index in [1.807, 2.05) is 6.92 Å². The minimum absolute atomic E-state index is 0.326. The van der Waals surface area contributed by atoms with Crippen LogP contribution in [0.3, 0.4) is 0 Å². The van der Waals surface area contributed by atoms with E-state index in [0.717, 1.165) is 17.9 Å². The third-order valence-electron chi connectivity index (χ3n) is 1.21. The van der Waals surface area contributed by atoms with Crippen LogP contribution in [0.1, 0.15) is 19.8 Å². The fraction of sp³-hybridized carbons (Fsp3) is 0.833. The first kappa shape index (κ1) is 9.87. The fourth-order valence-corrected chi connectivity index (χ4v) is 0.579. The lowest BCUT2D eigenvalue weighted by atomic mass is 10.3. The summed E-state index contributed by atoms with van der Waals surface area (Å²) in [5.41, 5.74) is 0. The molecule has 5 nitrogen and oxygen atoms in total. The Morgan fingerprint density at radius 1 is 1.64 bits per heavy atom. The maximum Gasteiger partial charge on any atom is 0.432 e. The lowest BCUT2D eigenvalue weighted by molar-refractivity contribution is 0.123. The number of rotatable bonds is 4. The number of methoxy groups -OCH3 is 1. The fourth-order valence-electron chi connectivity index (χ4n) is 0.579. The first-order valence-corrected chi connectivity index (χ1v) is 3.45. The number of nitrogens with zero attached hydrogens (tertiary/aromatic N) is 2. The summed E-state index contributed by atoms with van der Waals surface area (Å²) in [6.07, 6.45) is 0.956. The van der Waals surface area contributed by atoms with Crippen LogP contribution in [0.5, 0.6) is 0 Å². The Morgan fingerprint density at radius 3 is 2.64 bits per heavy atom. The minimum atomic E-state index is -0.701. The Kier molecular flexibility index (Phi) is 5.06. The summed E-state index contributed by atoms with van der Waals surface area (Å²) in [5, 5.41) is 3.27. The highest BCUT2D eigenvalue weighted by atomic mass is 16.6. The van der Waals surface area contributed by atoms with Crippen molar-refractivity contribution < 1.29 is 9.53 Å². The molecule has 0 aromatic carbocycles. The molecule has 0 bridgehead atoms. The van der Waals surface area contributed by atoms with Crippen molar-refractivity contribution in [2.45, 2.75) is 19.8 Å². The average molecular weight is 160 g/mol. The summed E-state index contributed by atoms with van der Waals surface area (Å²) in [6.45, 7) is 2.28. The van der Waals surface area contributed by atoms with E-state index in [4.69, 9.17) is 0 Å². The second-order valence-electron chi connectivity index (χ2n) is 2.03. The van der Waals surface area contributed by atoms with E-state index in [1.54, 1.807) is 0 Å². The van der Waals surface area contributed by atoms with Gasteiger partial charge in [-0.25, -0.2) is 4.79 Å². The third kappa shape index (κ3) is 3.54. The molecule has 0 aliphatic rings. The van der Waals surface area contributed by atoms with Crippen LogP contribution >= 0.6 is 0 Å². The Morgan fingerprint density at radius 2 is 2.27 bits per heavy atom. The highest BCUT2D eigenvalue weighted by Gasteiger charge is 2.12. The van der Waals surface area contributed by atoms with Gasteiger partial charge < -0.3 is 4.74 Å². The van der Waals surface area contributed by atoms with Gasteiger partial charge in [0.15, 0.2) is 0 Å². The van der Waals surface area contributed by atoms with Crippen molar-refractivity contribution in [3.63, 3.8) is 0 Å². The quantitative estimate of drug-likeness (QED) is 0.463. The molecule has 0 aromatic rings. The van der Waals surface area contributed by atoms with Crippen LogP contribution < -0.4 is 0 Å². The topological polar surface area (TPSA) is 59.0 Å². The maximum atomic E-state index is 10.7. The van der Waals surface area contributed by atoms with E-state index < -0.39 is 6.09 Å². The number of amides is 1. The zero-order valence-corrected chi connectivity index (χ0v) is 6.74. The van der Waals surface area contributed by atoms with Gasteiger partial charge in [-0.2, -0.15) is 5.01 Å². The lowest BCUT2D eigenvalue weighted by Gasteiger charge is -2.09. The van der Waals surface area contributed by atoms with E-state index >= 15 is 0 Å². The zero-order valence-electron chi connectivity index (χ0n) is 6.74. The van der Waals surface area contributed by atoms with E-state index in [2.05, 4.69) is 10.0 Å². The van der Waals surface area contributed by atoms with Crippen molar-refractivity contribution >= 4 is 6.09 Å². The number of nitroso groups, excluding NO2 is 1. The van der Waals surface area contributed by atoms with E-state index in [-0.39, 0.29) is 0 Å². The van der Waals surface area contributed by atoms with Crippen LogP contribution in [-0.4, -0.2) is 24.8 Å². The Labute approximate surface area is 65.3 Å². The highest BCUT2D eigenvalue weighted by Crippen LogP contribution is 1.97. The Hall–Kier alpha value is -1.13. The highest BCUT2D eigenvalue weighted by molar-refractivity contribution is 5.66. The molecule has 0 rings (SSSR count). The molecule has 0 unspecified atom stereocenters. The second-order valence-corrected chi connectivity index (χ2v) is 2.03. The van der Waals surface area contributed by atoms with E-state index in [1.165, 1.54) is 7.11 Å². The van der Waals surface area contributed by atoms with Gasteiger partial charge in [0, 0.05) is 0 Å². The van der Waals surface area contributed by atoms with Crippen LogP contribution in [0.25, 0.3) is 0 Å². The van der Waals surface area contributed by atoms with Gasteiger partial charge in [-0.05, 0) is 6.42 Å². The summed E-state index contributed by atoms with van der Waals surface area (Å²) >= 11 is 0. The molecule has 5 heteroatoms. The monoisotopic (exact) mass is 160 g/mol. The second kappa shape index (κ2) is 5.64. The van der Waals surface area contributed by atoms with Gasteiger partial charge in [0.25, 0.3) is 0 Å². The molecule has 0 aliphatic carbocycles. The molecule has 0 atom stereocenters. The SMILES string of the molecule is CCCCN(N=O)C(=O)OC. The molecule has 0 N–H and O–H groups in total. The Balaban J connectivity index is 3.74. The van der Waals surface area contributed by atoms with Gasteiger partial charge in [-0.1, -0.05) is 13.3 Å². The molecular formula is C6H12N2O3. The van der Waals surface area contributed by atoms with Gasteiger partial charge >= 0.3 is 6.09 Å². The van der Waals surface area contributed by atoms with Crippen LogP contribution in [0.15, 0.2) is 5.29 Å². The van der Waals surface area contributed by atoms with Crippen LogP contribution in [0, 0.1) is 4.91 Å². The van der Waals surface area contributed by atoms with Crippen molar-refractivity contribution in [2.24, 2.45) is 5.29 Å². The van der Waals surface area contributed by atoms with Crippen LogP contribution in [0.2, 0.25) is 0 Å². The van der Waals surface area contributed by atoms with Gasteiger partial charge in [0.1, 0.15) is 0 Å². The minimum Gasteiger partial charge on any atom is -0.451 e. The molecule has 0 saturated heterocycles. The Bertz CT molecular complexity index is 138. The van der Waals surface area contributed by atoms with Crippen molar-refractivity contribution in [3.8, 4) is 0 Å². The number of unbranched alkanes of at least 4 members (excludes halogenated alkanes) is 1. The van der Waals surface area contributed by atoms with Gasteiger partial charge in [0.2, 0.25) is 0 Å². The van der Waals surface area contributed by atoms with Crippen molar-refractivity contribution in [2.75, 3.05) is 13.7 Å². The molecule has 0 radical (unpaired) electrons. The molecule has 0 spiro atoms. The normalized spacial score (nSPS) is 8.91. The van der Waals surface area contributed by atoms with Crippen LogP contribution in [0.4, 0.5) is 4.79 Å². The van der Waals surface area contributed by atoms with Gasteiger partial charge in [0.05, 0.1) is 18.9 Å². The molecule has 0 saturated carbocycles. The zero-order chi connectivity index (χ0) is 8.69. The standard InChI is InChI=1S/C6H12N2O3/c1-3-4-5-8(7-10)6(9)11-2/h3-5H2,1-2H3. The van der Waals surface area contributed by atoms with Crippen molar-refractivity contribution in [1.29, 1.82) is 0 Å². The molecule has 0 aliphatic heterocycles. The number of ether oxygens (including phenoxy) is 1. The predicted octanol–water partition coefficient (Wildman–Crippen LogP) is 1.54. The first-order chi connectivity index (χ1) is 5.26. The van der Waals surface area contributed by atoms with E-state index in [0.29, 0.717) is 6.54 Å². The number of carbonyl (C=O) groups is 1.